The normalized spacial score (nSPS) is 47.7. The van der Waals surface area contributed by atoms with Crippen LogP contribution < -0.4 is 0 Å². The number of ether oxygens (including phenoxy) is 1. The minimum Gasteiger partial charge on any atom is -0.469 e. The molecular formula is C25H40O4. The number of rotatable bonds is 4. The van der Waals surface area contributed by atoms with Crippen LogP contribution in [-0.2, 0) is 14.3 Å². The highest BCUT2D eigenvalue weighted by Crippen LogP contribution is 2.67. The summed E-state index contributed by atoms with van der Waals surface area (Å²) in [6, 6.07) is 0. The van der Waals surface area contributed by atoms with Gasteiger partial charge >= 0.3 is 5.97 Å². The van der Waals surface area contributed by atoms with E-state index >= 15 is 0 Å². The second-order valence-electron chi connectivity index (χ2n) is 11.4. The number of esters is 1. The van der Waals surface area contributed by atoms with Gasteiger partial charge in [0.15, 0.2) is 0 Å². The van der Waals surface area contributed by atoms with Crippen LogP contribution in [0.4, 0.5) is 0 Å². The number of carbonyl (C=O) groups excluding carboxylic acids is 2. The van der Waals surface area contributed by atoms with E-state index in [1.165, 1.54) is 26.4 Å². The van der Waals surface area contributed by atoms with Gasteiger partial charge in [0.1, 0.15) is 5.78 Å². The maximum Gasteiger partial charge on any atom is 0.305 e. The number of hydrogen-bond acceptors (Lipinski definition) is 4. The van der Waals surface area contributed by atoms with Gasteiger partial charge in [-0.25, -0.2) is 0 Å². The Morgan fingerprint density at radius 1 is 1.14 bits per heavy atom. The molecule has 0 aromatic carbocycles. The zero-order valence-corrected chi connectivity index (χ0v) is 18.8. The molecule has 0 heterocycles. The number of carbonyl (C=O) groups is 2. The molecule has 4 nitrogen and oxygen atoms in total. The van der Waals surface area contributed by atoms with Crippen molar-refractivity contribution in [2.75, 3.05) is 7.11 Å². The van der Waals surface area contributed by atoms with Crippen LogP contribution in [0.1, 0.15) is 85.0 Å². The van der Waals surface area contributed by atoms with Crippen molar-refractivity contribution in [1.29, 1.82) is 0 Å². The van der Waals surface area contributed by atoms with Crippen LogP contribution in [0, 0.1) is 46.3 Å². The topological polar surface area (TPSA) is 63.6 Å². The van der Waals surface area contributed by atoms with Gasteiger partial charge in [0.25, 0.3) is 0 Å². The van der Waals surface area contributed by atoms with Gasteiger partial charge in [-0.3, -0.25) is 9.59 Å². The van der Waals surface area contributed by atoms with E-state index in [9.17, 15) is 14.7 Å². The Kier molecular flexibility index (Phi) is 5.63. The first-order chi connectivity index (χ1) is 13.7. The lowest BCUT2D eigenvalue weighted by molar-refractivity contribution is -0.160. The van der Waals surface area contributed by atoms with Gasteiger partial charge in [-0.15, -0.1) is 0 Å². The second kappa shape index (κ2) is 7.66. The first-order valence-electron chi connectivity index (χ1n) is 12.0. The summed E-state index contributed by atoms with van der Waals surface area (Å²) in [7, 11) is 1.47. The molecule has 0 saturated heterocycles. The maximum absolute atomic E-state index is 13.4. The summed E-state index contributed by atoms with van der Waals surface area (Å²) in [5.74, 6) is 3.08. The molecule has 9 atom stereocenters. The molecule has 4 aliphatic carbocycles. The molecule has 0 aliphatic heterocycles. The van der Waals surface area contributed by atoms with Gasteiger partial charge in [0.2, 0.25) is 0 Å². The molecule has 164 valence electrons. The van der Waals surface area contributed by atoms with E-state index in [0.717, 1.165) is 32.1 Å². The van der Waals surface area contributed by atoms with Gasteiger partial charge in [-0.05, 0) is 91.8 Å². The summed E-state index contributed by atoms with van der Waals surface area (Å²) < 4.78 is 4.85. The number of aliphatic hydroxyl groups is 1. The molecule has 29 heavy (non-hydrogen) atoms. The summed E-state index contributed by atoms with van der Waals surface area (Å²) in [6.45, 7) is 7.18. The SMILES string of the molecule is COC(=O)CC[C@@H](C)[C@H]1CC[C@H]2[C@@H]3C(=O)C[C@@H]4C[C@H](O)CC[C@]4(C)[C@@H]3CC[C@]12C. The fraction of sp³-hybridized carbons (Fsp3) is 0.920. The summed E-state index contributed by atoms with van der Waals surface area (Å²) >= 11 is 0. The minimum absolute atomic E-state index is 0.110. The van der Waals surface area contributed by atoms with Gasteiger partial charge < -0.3 is 9.84 Å². The molecule has 0 amide bonds. The van der Waals surface area contributed by atoms with E-state index in [2.05, 4.69) is 20.8 Å². The van der Waals surface area contributed by atoms with Crippen molar-refractivity contribution in [3.63, 3.8) is 0 Å². The fourth-order valence-electron chi connectivity index (χ4n) is 8.53. The third-order valence-corrected chi connectivity index (χ3v) is 10.2. The van der Waals surface area contributed by atoms with Crippen molar-refractivity contribution in [3.8, 4) is 0 Å². The number of fused-ring (bicyclic) bond motifs is 5. The Labute approximate surface area is 176 Å². The Morgan fingerprint density at radius 3 is 2.55 bits per heavy atom. The largest absolute Gasteiger partial charge is 0.469 e. The molecule has 0 unspecified atom stereocenters. The summed E-state index contributed by atoms with van der Waals surface area (Å²) in [5.41, 5.74) is 0.456. The number of methoxy groups -OCH3 is 1. The highest BCUT2D eigenvalue weighted by molar-refractivity contribution is 5.83. The maximum atomic E-state index is 13.4. The average Bonchev–Trinajstić information content (AvgIpc) is 3.04. The lowest BCUT2D eigenvalue weighted by Gasteiger charge is -2.60. The van der Waals surface area contributed by atoms with E-state index in [0.29, 0.717) is 48.2 Å². The molecule has 0 aromatic rings. The molecule has 4 heteroatoms. The summed E-state index contributed by atoms with van der Waals surface area (Å²) in [4.78, 5) is 25.0. The molecule has 0 spiro atoms. The Hall–Kier alpha value is -0.900. The minimum atomic E-state index is -0.210. The van der Waals surface area contributed by atoms with Crippen LogP contribution in [0.3, 0.4) is 0 Å². The molecule has 0 radical (unpaired) electrons. The van der Waals surface area contributed by atoms with Crippen LogP contribution in [0.25, 0.3) is 0 Å². The lowest BCUT2D eigenvalue weighted by atomic mass is 9.44. The molecule has 0 bridgehead atoms. The van der Waals surface area contributed by atoms with Gasteiger partial charge in [-0.1, -0.05) is 20.8 Å². The van der Waals surface area contributed by atoms with E-state index in [1.54, 1.807) is 0 Å². The van der Waals surface area contributed by atoms with Crippen molar-refractivity contribution in [2.45, 2.75) is 91.1 Å². The zero-order valence-electron chi connectivity index (χ0n) is 18.8. The first kappa shape index (κ1) is 21.3. The molecule has 4 saturated carbocycles. The molecular weight excluding hydrogens is 364 g/mol. The standard InChI is InChI=1S/C25H40O4/c1-15(5-8-22(28)29-4)18-6-7-19-23-20(10-12-25(18,19)3)24(2)11-9-17(26)13-16(24)14-21(23)27/h15-20,23,26H,5-14H2,1-4H3/t15-,16+,17-,18-,19+,20-,23+,24+,25-/m1/s1. The van der Waals surface area contributed by atoms with E-state index in [4.69, 9.17) is 4.74 Å². The lowest BCUT2D eigenvalue weighted by Crippen LogP contribution is -2.57. The molecule has 4 rings (SSSR count). The van der Waals surface area contributed by atoms with E-state index < -0.39 is 0 Å². The predicted molar refractivity (Wildman–Crippen MR) is 112 cm³/mol. The van der Waals surface area contributed by atoms with Crippen molar-refractivity contribution in [1.82, 2.24) is 0 Å². The van der Waals surface area contributed by atoms with E-state index in [-0.39, 0.29) is 28.8 Å². The monoisotopic (exact) mass is 404 g/mol. The molecule has 1 N–H and O–H groups in total. The first-order valence-corrected chi connectivity index (χ1v) is 12.0. The fourth-order valence-corrected chi connectivity index (χ4v) is 8.53. The Balaban J connectivity index is 1.53. The van der Waals surface area contributed by atoms with Crippen LogP contribution in [0.5, 0.6) is 0 Å². The number of hydrogen-bond donors (Lipinski definition) is 1. The van der Waals surface area contributed by atoms with Crippen molar-refractivity contribution in [2.24, 2.45) is 46.3 Å². The van der Waals surface area contributed by atoms with Crippen molar-refractivity contribution in [3.05, 3.63) is 0 Å². The Bertz CT molecular complexity index is 659. The second-order valence-corrected chi connectivity index (χ2v) is 11.4. The highest BCUT2D eigenvalue weighted by Gasteiger charge is 2.62. The number of aliphatic hydroxyl groups excluding tert-OH is 1. The Morgan fingerprint density at radius 2 is 1.83 bits per heavy atom. The van der Waals surface area contributed by atoms with Crippen LogP contribution >= 0.6 is 0 Å². The third kappa shape index (κ3) is 3.38. The summed E-state index contributed by atoms with van der Waals surface area (Å²) in [6.07, 6.45) is 9.40. The average molecular weight is 405 g/mol. The number of Topliss-reactive ketones (excluding diaryl/α,β-unsaturated/α-hetero) is 1. The van der Waals surface area contributed by atoms with E-state index in [1.807, 2.05) is 0 Å². The molecule has 0 aromatic heterocycles. The van der Waals surface area contributed by atoms with Crippen LogP contribution in [0.15, 0.2) is 0 Å². The summed E-state index contributed by atoms with van der Waals surface area (Å²) in [5, 5.41) is 10.2. The van der Waals surface area contributed by atoms with Gasteiger partial charge in [0, 0.05) is 18.8 Å². The highest BCUT2D eigenvalue weighted by atomic mass is 16.5. The number of ketones is 1. The smallest absolute Gasteiger partial charge is 0.305 e. The molecule has 4 fully saturated rings. The molecule has 4 aliphatic rings. The van der Waals surface area contributed by atoms with Crippen LogP contribution in [0.2, 0.25) is 0 Å². The van der Waals surface area contributed by atoms with Gasteiger partial charge in [-0.2, -0.15) is 0 Å². The zero-order chi connectivity index (χ0) is 21.0. The van der Waals surface area contributed by atoms with Crippen LogP contribution in [-0.4, -0.2) is 30.1 Å². The van der Waals surface area contributed by atoms with Crippen molar-refractivity contribution >= 4 is 11.8 Å². The third-order valence-electron chi connectivity index (χ3n) is 10.2. The quantitative estimate of drug-likeness (QED) is 0.685. The van der Waals surface area contributed by atoms with Gasteiger partial charge in [0.05, 0.1) is 13.2 Å². The predicted octanol–water partition coefficient (Wildman–Crippen LogP) is 4.77. The van der Waals surface area contributed by atoms with Crippen molar-refractivity contribution < 1.29 is 19.4 Å².